The Morgan fingerprint density at radius 3 is 2.20 bits per heavy atom. The number of H-pyrrole nitrogens is 1. The Balaban J connectivity index is 0.499. The van der Waals surface area contributed by atoms with E-state index in [2.05, 4.69) is 68.7 Å². The number of carbonyl (C=O) groups excluding carboxylic acids is 8. The lowest BCUT2D eigenvalue weighted by molar-refractivity contribution is -0.265. The van der Waals surface area contributed by atoms with Crippen LogP contribution in [0.25, 0.3) is 33.3 Å². The van der Waals surface area contributed by atoms with E-state index in [1.54, 1.807) is 46.5 Å². The van der Waals surface area contributed by atoms with Gasteiger partial charge in [0.25, 0.3) is 17.6 Å². The van der Waals surface area contributed by atoms with Gasteiger partial charge in [0.2, 0.25) is 23.6 Å². The molecular weight excluding hydrogens is 1780 g/mol. The third-order valence-electron chi connectivity index (χ3n) is 26.9. The van der Waals surface area contributed by atoms with Gasteiger partial charge < -0.3 is 115 Å². The van der Waals surface area contributed by atoms with Gasteiger partial charge in [-0.3, -0.25) is 28.8 Å². The summed E-state index contributed by atoms with van der Waals surface area (Å²) in [7, 11) is 3.04. The molecule has 1 aliphatic carbocycles. The number of hydrogen-bond donors (Lipinski definition) is 10. The number of cyclic esters (lactones) is 1. The number of fused-ring (bicyclic) bond motifs is 6. The van der Waals surface area contributed by atoms with Crippen molar-refractivity contribution in [3.05, 3.63) is 143 Å². The molecular formula is C98H133N19O21. The molecule has 6 aliphatic rings. The maximum atomic E-state index is 14.7. The first-order valence-electron chi connectivity index (χ1n) is 47.8. The molecule has 1 unspecified atom stereocenters. The number of piperidine rings is 1. The van der Waals surface area contributed by atoms with Gasteiger partial charge in [-0.05, 0) is 136 Å². The number of aromatic amines is 1. The Hall–Kier alpha value is -11.5. The molecule has 16 atom stereocenters. The number of nitrogens with two attached hydrogens (primary N) is 3. The monoisotopic (exact) mass is 1910 g/mol. The molecule has 11 heterocycles. The lowest BCUT2D eigenvalue weighted by atomic mass is 9.80. The molecule has 746 valence electrons. The van der Waals surface area contributed by atoms with Gasteiger partial charge in [0.1, 0.15) is 65.5 Å². The molecule has 2 bridgehead atoms. The fraction of sp³-hybridized carbons (Fsp3) is 0.571. The summed E-state index contributed by atoms with van der Waals surface area (Å²) in [6.07, 6.45) is 16.3. The predicted octanol–water partition coefficient (Wildman–Crippen LogP) is 6.09. The number of aromatic nitrogens is 10. The van der Waals surface area contributed by atoms with Crippen molar-refractivity contribution < 1.29 is 101 Å². The van der Waals surface area contributed by atoms with Crippen molar-refractivity contribution in [3.8, 4) is 11.3 Å². The van der Waals surface area contributed by atoms with Gasteiger partial charge in [-0.15, -0.1) is 0 Å². The second-order valence-corrected chi connectivity index (χ2v) is 36.9. The number of methoxy groups -OCH3 is 2. The third kappa shape index (κ3) is 26.9. The fourth-order valence-electron chi connectivity index (χ4n) is 18.8. The number of nitrogen functional groups attached to an aromatic ring is 2. The van der Waals surface area contributed by atoms with Crippen LogP contribution >= 0.6 is 0 Å². The molecule has 13 rings (SSSR count). The summed E-state index contributed by atoms with van der Waals surface area (Å²) < 4.78 is 54.7. The Bertz CT molecular complexity index is 5460. The largest absolute Gasteiger partial charge is 0.459 e. The molecule has 5 aliphatic heterocycles. The summed E-state index contributed by atoms with van der Waals surface area (Å²) in [5, 5.41) is 57.4. The van der Waals surface area contributed by atoms with Crippen LogP contribution in [0.15, 0.2) is 115 Å². The summed E-state index contributed by atoms with van der Waals surface area (Å²) in [6.45, 7) is 15.4. The maximum absolute atomic E-state index is 14.7. The van der Waals surface area contributed by atoms with Crippen LogP contribution < -0.4 is 37.6 Å². The number of piperazine rings is 1. The number of amides is 4. The van der Waals surface area contributed by atoms with Gasteiger partial charge in [-0.1, -0.05) is 82.4 Å². The first-order valence-corrected chi connectivity index (χ1v) is 47.8. The van der Waals surface area contributed by atoms with Gasteiger partial charge in [0, 0.05) is 151 Å². The highest BCUT2D eigenvalue weighted by Crippen LogP contribution is 2.40. The number of aliphatic hydroxyl groups excluding tert-OH is 3. The smallest absolute Gasteiger partial charge is 0.407 e. The van der Waals surface area contributed by atoms with Crippen LogP contribution in [0.3, 0.4) is 0 Å². The molecule has 7 aromatic rings. The highest BCUT2D eigenvalue weighted by atomic mass is 16.6. The summed E-state index contributed by atoms with van der Waals surface area (Å²) in [4.78, 5) is 153. The highest BCUT2D eigenvalue weighted by molar-refractivity contribution is 6.39. The van der Waals surface area contributed by atoms with Crippen LogP contribution in [0.4, 0.5) is 28.3 Å². The van der Waals surface area contributed by atoms with E-state index in [4.69, 9.17) is 64.9 Å². The number of carbonyl (C=O) groups is 8. The Morgan fingerprint density at radius 1 is 0.717 bits per heavy atom. The number of nitrogens with zero attached hydrogens (tertiary/aromatic N) is 13. The lowest BCUT2D eigenvalue weighted by Crippen LogP contribution is -2.61. The molecule has 0 radical (unpaired) electrons. The number of ketones is 3. The number of anilines is 4. The van der Waals surface area contributed by atoms with Crippen molar-refractivity contribution in [3.63, 3.8) is 0 Å². The minimum absolute atomic E-state index is 0.00842. The van der Waals surface area contributed by atoms with Gasteiger partial charge in [-0.2, -0.15) is 5.10 Å². The Labute approximate surface area is 802 Å². The first kappa shape index (κ1) is 104. The van der Waals surface area contributed by atoms with Crippen LogP contribution in [0, 0.1) is 29.6 Å². The van der Waals surface area contributed by atoms with Gasteiger partial charge in [0.05, 0.1) is 108 Å². The zero-order valence-corrected chi connectivity index (χ0v) is 79.9. The van der Waals surface area contributed by atoms with Crippen molar-refractivity contribution >= 4 is 92.7 Å². The number of allylic oxidation sites excluding steroid dienone is 6. The molecule has 1 aromatic carbocycles. The van der Waals surface area contributed by atoms with E-state index in [1.807, 2.05) is 75.7 Å². The van der Waals surface area contributed by atoms with Crippen molar-refractivity contribution in [1.29, 1.82) is 0 Å². The van der Waals surface area contributed by atoms with E-state index in [9.17, 15) is 58.8 Å². The molecule has 40 nitrogen and oxygen atoms in total. The van der Waals surface area contributed by atoms with E-state index in [-0.39, 0.29) is 99.9 Å². The molecule has 0 spiro atoms. The number of ether oxygens (including phenoxy) is 9. The van der Waals surface area contributed by atoms with E-state index >= 15 is 0 Å². The maximum Gasteiger partial charge on any atom is 0.407 e. The topological polar surface area (TPSA) is 539 Å². The zero-order chi connectivity index (χ0) is 98.3. The Morgan fingerprint density at radius 2 is 1.46 bits per heavy atom. The van der Waals surface area contributed by atoms with Crippen LogP contribution in [0.5, 0.6) is 0 Å². The summed E-state index contributed by atoms with van der Waals surface area (Å²) in [5.74, 6) is -8.30. The fourth-order valence-corrected chi connectivity index (χ4v) is 18.8. The number of benzene rings is 1. The summed E-state index contributed by atoms with van der Waals surface area (Å²) >= 11 is 0. The second-order valence-electron chi connectivity index (χ2n) is 36.9. The van der Waals surface area contributed by atoms with E-state index in [0.717, 1.165) is 32.5 Å². The number of pyridine rings is 1. The molecule has 138 heavy (non-hydrogen) atoms. The van der Waals surface area contributed by atoms with E-state index in [0.29, 0.717) is 188 Å². The van der Waals surface area contributed by atoms with Crippen molar-refractivity contribution in [2.75, 3.05) is 134 Å². The van der Waals surface area contributed by atoms with Crippen molar-refractivity contribution in [2.24, 2.45) is 35.3 Å². The molecule has 1 saturated carbocycles. The van der Waals surface area contributed by atoms with Crippen molar-refractivity contribution in [1.82, 2.24) is 70.1 Å². The van der Waals surface area contributed by atoms with Crippen molar-refractivity contribution in [2.45, 2.75) is 218 Å². The highest BCUT2D eigenvalue weighted by Gasteiger charge is 2.54. The molecule has 40 heteroatoms. The first-order chi connectivity index (χ1) is 66.5. The second kappa shape index (κ2) is 49.3. The van der Waals surface area contributed by atoms with Crippen LogP contribution in [0.2, 0.25) is 0 Å². The Kier molecular flexibility index (Phi) is 37.1. The number of rotatable bonds is 30. The number of nitrogens with one attached hydrogen (secondary N) is 3. The number of esters is 1. The van der Waals surface area contributed by atoms with Crippen LogP contribution in [0.1, 0.15) is 158 Å². The molecule has 3 saturated heterocycles. The molecule has 4 amide bonds. The standard InChI is InChI=1S/C98H133N19O21/c1-58-14-10-9-11-15-59(2)78(130-7)45-73-21-17-63(6)98(129,138-73)88(124)93(126)116-26-13-12-16-75(116)94(127)136-79(46-76(119)60(3)39-62(5)86(122)87(123)85(121)61(4)38-58)74(99)41-64-19-22-77(80(42-64)131-8)137-97(128)108-49-66-47-104-96(105-48-66)115-29-28-114(55-72(115)56-118)95-106-51-71(52-107-95)92(125)102-25-31-133-33-35-135-37-36-134-34-32-132-30-24-82(120)113-27-23-67-40-65(18-20-68(67)54-113)53-117-91-83(89(101)109-57-110-91)84(112-117)70-43-69-44-81(100)111-90(69)103-50-70/h9-11,14-15,18,20,39-40,43-44,47-48,50-52,57-58,60-61,63-64,72-75,77-80,86-87,118,122-123,129H,12-13,16-17,19,21-38,41-42,45-46,49,53-56,99-100H2,1-8H3,(H,102,125)(H,103,111)(H,108,128)(H2,101,109,110)/b11-9?,14-10+,59-15?,62-39+/t58-,60-,61-,63-,64+,72?,73+,74-,75+,77-,78+,79+,80-,86-,87+,98-/m1/s1. The minimum Gasteiger partial charge on any atom is -0.459 e. The normalized spacial score (nSPS) is 26.3. The average Bonchev–Trinajstić information content (AvgIpc) is 1.54. The lowest BCUT2D eigenvalue weighted by Gasteiger charge is -2.42. The van der Waals surface area contributed by atoms with E-state index < -0.39 is 126 Å². The quantitative estimate of drug-likeness (QED) is 0.0105. The van der Waals surface area contributed by atoms with Gasteiger partial charge >= 0.3 is 12.1 Å². The van der Waals surface area contributed by atoms with E-state index in [1.165, 1.54) is 44.4 Å². The van der Waals surface area contributed by atoms with Crippen LogP contribution in [-0.2, 0) is 97.5 Å². The molecule has 6 aromatic heterocycles. The molecule has 13 N–H and O–H groups in total. The third-order valence-corrected chi connectivity index (χ3v) is 26.9. The number of alkyl carbamates (subject to hydrolysis) is 1. The van der Waals surface area contributed by atoms with Crippen LogP contribution in [-0.4, -0.2) is 307 Å². The summed E-state index contributed by atoms with van der Waals surface area (Å²) in [6, 6.07) is 7.31. The summed E-state index contributed by atoms with van der Waals surface area (Å²) in [5.41, 5.74) is 27.2. The SMILES string of the molecule is CO[C@H]1C[C@@H]2CC[C@@H](C)[C@@](O)(O2)C(=O)C(=O)N2CCCC[C@H]2C(=O)O[C@H]([C@H](N)C[C@@H]2CC[C@@H](OC(=O)NCc3cnc(N4CCN(c5ncc(C(=O)NCCOCCOCCOCCOCCC(=O)N6CCc7cc(Cn8nc(-c9cnc%10[nH]c(N)cc%10c9)c9c(N)ncnc98)ccc7C6)cn5)CC4CO)nc3)[C@H](OC)C2)CC(=O)[C@H](C)/C=C(\C)[C@@H](O)[C@@H](O)C(=O)[C@H](C)C[C@H](C)/C=C/C=CC=C1C. The molecule has 4 fully saturated rings. The average molecular weight is 1910 g/mol. The minimum atomic E-state index is -2.53. The number of aliphatic hydroxyl groups is 4. The van der Waals surface area contributed by atoms with Gasteiger partial charge in [-0.25, -0.2) is 49.2 Å². The zero-order valence-electron chi connectivity index (χ0n) is 79.9. The van der Waals surface area contributed by atoms with Gasteiger partial charge in [0.15, 0.2) is 11.4 Å². The predicted molar refractivity (Wildman–Crippen MR) is 509 cm³/mol. The number of hydrogen-bond acceptors (Lipinski definition) is 34. The number of Topliss-reactive ketones (excluding diaryl/α,β-unsaturated/α-hetero) is 3.